The molecular formula is C18H11F3OS2. The second-order valence-electron chi connectivity index (χ2n) is 4.93. The summed E-state index contributed by atoms with van der Waals surface area (Å²) in [6, 6.07) is 13.3. The van der Waals surface area contributed by atoms with E-state index < -0.39 is 11.1 Å². The summed E-state index contributed by atoms with van der Waals surface area (Å²) in [6.45, 7) is 0. The molecule has 0 spiro atoms. The predicted octanol–water partition coefficient (Wildman–Crippen LogP) is 6.39. The zero-order valence-corrected chi connectivity index (χ0v) is 13.8. The lowest BCUT2D eigenvalue weighted by molar-refractivity contribution is -0.133. The van der Waals surface area contributed by atoms with Crippen molar-refractivity contribution in [1.82, 2.24) is 0 Å². The average Bonchev–Trinajstić information content (AvgIpc) is 3.22. The van der Waals surface area contributed by atoms with Crippen molar-refractivity contribution in [3.05, 3.63) is 74.6 Å². The summed E-state index contributed by atoms with van der Waals surface area (Å²) in [7, 11) is 0. The number of hydrogen-bond donors (Lipinski definition) is 0. The van der Waals surface area contributed by atoms with Crippen molar-refractivity contribution in [2.45, 2.75) is 6.18 Å². The second-order valence-corrected chi connectivity index (χ2v) is 6.96. The van der Waals surface area contributed by atoms with Crippen LogP contribution in [0, 0.1) is 0 Å². The normalized spacial score (nSPS) is 12.0. The fourth-order valence-corrected chi connectivity index (χ4v) is 3.79. The van der Waals surface area contributed by atoms with Gasteiger partial charge in [0.15, 0.2) is 5.78 Å². The van der Waals surface area contributed by atoms with E-state index in [1.807, 2.05) is 0 Å². The molecule has 3 rings (SSSR count). The number of carbonyl (C=O) groups excluding carboxylic acids is 1. The lowest BCUT2D eigenvalue weighted by Gasteiger charge is -2.07. The lowest BCUT2D eigenvalue weighted by Crippen LogP contribution is -2.03. The zero-order valence-electron chi connectivity index (χ0n) is 12.2. The molecule has 0 saturated heterocycles. The van der Waals surface area contributed by atoms with Gasteiger partial charge in [-0.1, -0.05) is 36.4 Å². The molecular weight excluding hydrogens is 353 g/mol. The first-order valence-electron chi connectivity index (χ1n) is 6.97. The summed E-state index contributed by atoms with van der Waals surface area (Å²) < 4.78 is 39.9. The van der Waals surface area contributed by atoms with E-state index in [0.717, 1.165) is 0 Å². The van der Waals surface area contributed by atoms with Gasteiger partial charge in [-0.3, -0.25) is 4.79 Å². The molecule has 1 aromatic carbocycles. The van der Waals surface area contributed by atoms with Gasteiger partial charge in [-0.25, -0.2) is 0 Å². The average molecular weight is 364 g/mol. The van der Waals surface area contributed by atoms with E-state index in [2.05, 4.69) is 0 Å². The van der Waals surface area contributed by atoms with Gasteiger partial charge in [0, 0.05) is 10.4 Å². The Bertz CT molecular complexity index is 860. The Morgan fingerprint density at radius 3 is 2.42 bits per heavy atom. The van der Waals surface area contributed by atoms with Crippen LogP contribution in [0.3, 0.4) is 0 Å². The van der Waals surface area contributed by atoms with Crippen molar-refractivity contribution in [2.75, 3.05) is 0 Å². The van der Waals surface area contributed by atoms with Crippen LogP contribution in [-0.4, -0.2) is 5.78 Å². The quantitative estimate of drug-likeness (QED) is 0.387. The third kappa shape index (κ3) is 3.66. The number of benzene rings is 1. The topological polar surface area (TPSA) is 17.1 Å². The van der Waals surface area contributed by atoms with Gasteiger partial charge in [-0.2, -0.15) is 13.2 Å². The largest absolute Gasteiger partial charge is 0.426 e. The van der Waals surface area contributed by atoms with Gasteiger partial charge in [0.05, 0.1) is 4.88 Å². The molecule has 2 heterocycles. The maximum Gasteiger partial charge on any atom is 0.426 e. The van der Waals surface area contributed by atoms with Crippen molar-refractivity contribution in [2.24, 2.45) is 0 Å². The van der Waals surface area contributed by atoms with Gasteiger partial charge >= 0.3 is 6.18 Å². The molecule has 0 aliphatic carbocycles. The maximum absolute atomic E-state index is 13.3. The molecule has 0 aliphatic heterocycles. The van der Waals surface area contributed by atoms with Crippen molar-refractivity contribution in [3.8, 4) is 11.1 Å². The highest BCUT2D eigenvalue weighted by molar-refractivity contribution is 7.13. The Labute approximate surface area is 144 Å². The minimum atomic E-state index is -4.43. The highest BCUT2D eigenvalue weighted by Gasteiger charge is 2.36. The number of rotatable bonds is 4. The van der Waals surface area contributed by atoms with Gasteiger partial charge in [-0.05, 0) is 35.2 Å². The lowest BCUT2D eigenvalue weighted by atomic mass is 10.1. The Kier molecular flexibility index (Phi) is 4.69. The molecule has 0 aliphatic rings. The van der Waals surface area contributed by atoms with Crippen molar-refractivity contribution < 1.29 is 18.0 Å². The summed E-state index contributed by atoms with van der Waals surface area (Å²) in [4.78, 5) is 12.2. The molecule has 0 unspecified atom stereocenters. The molecule has 0 N–H and O–H groups in total. The Hall–Kier alpha value is -2.18. The zero-order chi connectivity index (χ0) is 17.2. The SMILES string of the molecule is O=C(/C=C/c1cc(-c2ccccc2)c(C(F)(F)F)s1)c1cccs1. The monoisotopic (exact) mass is 364 g/mol. The highest BCUT2D eigenvalue weighted by Crippen LogP contribution is 2.43. The smallest absolute Gasteiger partial charge is 0.288 e. The number of halogens is 3. The van der Waals surface area contributed by atoms with Crippen LogP contribution in [0.4, 0.5) is 13.2 Å². The Morgan fingerprint density at radius 2 is 1.79 bits per heavy atom. The number of ketones is 1. The summed E-state index contributed by atoms with van der Waals surface area (Å²) in [5.74, 6) is -0.215. The van der Waals surface area contributed by atoms with Crippen LogP contribution < -0.4 is 0 Å². The number of carbonyl (C=O) groups is 1. The van der Waals surface area contributed by atoms with Crippen LogP contribution in [-0.2, 0) is 6.18 Å². The van der Waals surface area contributed by atoms with E-state index in [1.165, 1.54) is 29.6 Å². The van der Waals surface area contributed by atoms with Crippen LogP contribution in [0.5, 0.6) is 0 Å². The highest BCUT2D eigenvalue weighted by atomic mass is 32.1. The second kappa shape index (κ2) is 6.75. The number of thiophene rings is 2. The summed E-state index contributed by atoms with van der Waals surface area (Å²) in [6.07, 6.45) is -1.68. The first kappa shape index (κ1) is 16.7. The van der Waals surface area contributed by atoms with Gasteiger partial charge in [0.2, 0.25) is 0 Å². The number of alkyl halides is 3. The van der Waals surface area contributed by atoms with E-state index in [-0.39, 0.29) is 11.3 Å². The fourth-order valence-electron chi connectivity index (χ4n) is 2.19. The first-order chi connectivity index (χ1) is 11.4. The van der Waals surface area contributed by atoms with Crippen LogP contribution in [0.25, 0.3) is 17.2 Å². The summed E-state index contributed by atoms with van der Waals surface area (Å²) in [5, 5.41) is 1.78. The van der Waals surface area contributed by atoms with E-state index in [9.17, 15) is 18.0 Å². The van der Waals surface area contributed by atoms with Crippen molar-refractivity contribution in [1.29, 1.82) is 0 Å². The van der Waals surface area contributed by atoms with E-state index in [1.54, 1.807) is 47.8 Å². The molecule has 0 fully saturated rings. The van der Waals surface area contributed by atoms with Gasteiger partial charge in [-0.15, -0.1) is 22.7 Å². The van der Waals surface area contributed by atoms with Crippen LogP contribution in [0.15, 0.2) is 60.0 Å². The van der Waals surface area contributed by atoms with E-state index >= 15 is 0 Å². The molecule has 1 nitrogen and oxygen atoms in total. The Morgan fingerprint density at radius 1 is 1.04 bits per heavy atom. The molecule has 122 valence electrons. The molecule has 0 bridgehead atoms. The molecule has 0 atom stereocenters. The first-order valence-corrected chi connectivity index (χ1v) is 8.67. The third-order valence-corrected chi connectivity index (χ3v) is 5.29. The number of allylic oxidation sites excluding steroid dienone is 1. The third-order valence-electron chi connectivity index (χ3n) is 3.26. The number of hydrogen-bond acceptors (Lipinski definition) is 3. The van der Waals surface area contributed by atoms with Crippen molar-refractivity contribution in [3.63, 3.8) is 0 Å². The molecule has 0 saturated carbocycles. The molecule has 2 aromatic heterocycles. The van der Waals surface area contributed by atoms with Gasteiger partial charge < -0.3 is 0 Å². The van der Waals surface area contributed by atoms with Gasteiger partial charge in [0.25, 0.3) is 0 Å². The minimum Gasteiger partial charge on any atom is -0.288 e. The standard InChI is InChI=1S/C18H11F3OS2/c19-18(20,21)17-14(12-5-2-1-3-6-12)11-13(24-17)8-9-15(22)16-7-4-10-23-16/h1-11H/b9-8+. The van der Waals surface area contributed by atoms with E-state index in [4.69, 9.17) is 0 Å². The van der Waals surface area contributed by atoms with Crippen LogP contribution in [0.1, 0.15) is 19.4 Å². The molecule has 0 radical (unpaired) electrons. The molecule has 24 heavy (non-hydrogen) atoms. The van der Waals surface area contributed by atoms with Crippen LogP contribution >= 0.6 is 22.7 Å². The molecule has 6 heteroatoms. The van der Waals surface area contributed by atoms with E-state index in [0.29, 0.717) is 26.7 Å². The Balaban J connectivity index is 1.96. The maximum atomic E-state index is 13.3. The molecule has 0 amide bonds. The predicted molar refractivity (Wildman–Crippen MR) is 92.4 cm³/mol. The van der Waals surface area contributed by atoms with Crippen LogP contribution in [0.2, 0.25) is 0 Å². The molecule has 3 aromatic rings. The summed E-state index contributed by atoms with van der Waals surface area (Å²) >= 11 is 1.94. The van der Waals surface area contributed by atoms with Gasteiger partial charge in [0.1, 0.15) is 4.88 Å². The fraction of sp³-hybridized carbons (Fsp3) is 0.0556. The summed E-state index contributed by atoms with van der Waals surface area (Å²) in [5.41, 5.74) is 0.640. The van der Waals surface area contributed by atoms with Crippen molar-refractivity contribution >= 4 is 34.5 Å². The minimum absolute atomic E-state index is 0.135.